The summed E-state index contributed by atoms with van der Waals surface area (Å²) in [6.07, 6.45) is 2.96. The van der Waals surface area contributed by atoms with Gasteiger partial charge in [0.25, 0.3) is 0 Å². The van der Waals surface area contributed by atoms with Crippen LogP contribution in [0.25, 0.3) is 0 Å². The van der Waals surface area contributed by atoms with Gasteiger partial charge in [0.2, 0.25) is 11.8 Å². The minimum atomic E-state index is -0.0789. The quantitative estimate of drug-likeness (QED) is 0.783. The molecule has 1 saturated heterocycles. The molecule has 0 bridgehead atoms. The summed E-state index contributed by atoms with van der Waals surface area (Å²) in [6, 6.07) is 5.29. The summed E-state index contributed by atoms with van der Waals surface area (Å²) in [4.78, 5) is 23.4. The van der Waals surface area contributed by atoms with Crippen LogP contribution in [-0.2, 0) is 9.59 Å². The minimum absolute atomic E-state index is 0.0738. The maximum atomic E-state index is 12.0. The molecule has 21 heavy (non-hydrogen) atoms. The smallest absolute Gasteiger partial charge is 0.225 e. The predicted molar refractivity (Wildman–Crippen MR) is 84.6 cm³/mol. The number of amides is 2. The molecule has 1 fully saturated rings. The molecule has 0 radical (unpaired) electrons. The van der Waals surface area contributed by atoms with Gasteiger partial charge in [-0.3, -0.25) is 9.59 Å². The molecule has 0 spiro atoms. The number of halogens is 1. The fourth-order valence-corrected chi connectivity index (χ4v) is 2.47. The number of hydrogen-bond donors (Lipinski definition) is 3. The van der Waals surface area contributed by atoms with Gasteiger partial charge in [0.05, 0.1) is 10.7 Å². The highest BCUT2D eigenvalue weighted by atomic mass is 35.5. The predicted octanol–water partition coefficient (Wildman–Crippen LogP) is 2.77. The molecule has 1 aromatic carbocycles. The van der Waals surface area contributed by atoms with E-state index in [4.69, 9.17) is 11.6 Å². The molecule has 3 N–H and O–H groups in total. The van der Waals surface area contributed by atoms with Crippen LogP contribution in [0.15, 0.2) is 18.2 Å². The van der Waals surface area contributed by atoms with Crippen LogP contribution in [0, 0.1) is 0 Å². The molecular formula is C15H20ClN3O2. The van der Waals surface area contributed by atoms with Crippen LogP contribution in [-0.4, -0.2) is 24.4 Å². The molecule has 0 aliphatic carbocycles. The second-order valence-electron chi connectivity index (χ2n) is 5.14. The fraction of sp³-hybridized carbons (Fsp3) is 0.467. The largest absolute Gasteiger partial charge is 0.326 e. The van der Waals surface area contributed by atoms with E-state index in [0.717, 1.165) is 19.4 Å². The average molecular weight is 310 g/mol. The Morgan fingerprint density at radius 1 is 1.33 bits per heavy atom. The van der Waals surface area contributed by atoms with Gasteiger partial charge in [0, 0.05) is 24.6 Å². The molecule has 1 aromatic rings. The normalized spacial score (nSPS) is 17.5. The second-order valence-corrected chi connectivity index (χ2v) is 5.55. The Morgan fingerprint density at radius 2 is 2.14 bits per heavy atom. The van der Waals surface area contributed by atoms with Crippen molar-refractivity contribution in [3.05, 3.63) is 23.2 Å². The lowest BCUT2D eigenvalue weighted by atomic mass is 10.1. The molecule has 0 aromatic heterocycles. The SMILES string of the molecule is CCC(=O)Nc1ccc(Cl)c(NC(=O)CC2CCCN2)c1. The fourth-order valence-electron chi connectivity index (χ4n) is 2.30. The summed E-state index contributed by atoms with van der Waals surface area (Å²) in [5.41, 5.74) is 1.15. The van der Waals surface area contributed by atoms with Crippen molar-refractivity contribution in [1.29, 1.82) is 0 Å². The van der Waals surface area contributed by atoms with Gasteiger partial charge in [-0.2, -0.15) is 0 Å². The van der Waals surface area contributed by atoms with Gasteiger partial charge in [0.15, 0.2) is 0 Å². The van der Waals surface area contributed by atoms with Gasteiger partial charge >= 0.3 is 0 Å². The number of anilines is 2. The van der Waals surface area contributed by atoms with Crippen LogP contribution in [0.4, 0.5) is 11.4 Å². The van der Waals surface area contributed by atoms with E-state index in [2.05, 4.69) is 16.0 Å². The van der Waals surface area contributed by atoms with Crippen LogP contribution in [0.5, 0.6) is 0 Å². The van der Waals surface area contributed by atoms with Gasteiger partial charge in [-0.05, 0) is 37.6 Å². The Balaban J connectivity index is 1.99. The molecule has 1 heterocycles. The maximum absolute atomic E-state index is 12.0. The summed E-state index contributed by atoms with van der Waals surface area (Å²) in [7, 11) is 0. The number of carbonyl (C=O) groups excluding carboxylic acids is 2. The molecule has 2 amide bonds. The van der Waals surface area contributed by atoms with E-state index in [-0.39, 0.29) is 17.9 Å². The van der Waals surface area contributed by atoms with Crippen LogP contribution in [0.1, 0.15) is 32.6 Å². The monoisotopic (exact) mass is 309 g/mol. The molecule has 2 rings (SSSR count). The summed E-state index contributed by atoms with van der Waals surface area (Å²) in [6.45, 7) is 2.75. The van der Waals surface area contributed by atoms with Gasteiger partial charge in [-0.1, -0.05) is 18.5 Å². The Bertz CT molecular complexity index is 528. The Kier molecular flexibility index (Phi) is 5.59. The van der Waals surface area contributed by atoms with Crippen molar-refractivity contribution in [2.24, 2.45) is 0 Å². The van der Waals surface area contributed by atoms with Crippen molar-refractivity contribution < 1.29 is 9.59 Å². The van der Waals surface area contributed by atoms with E-state index < -0.39 is 0 Å². The lowest BCUT2D eigenvalue weighted by Crippen LogP contribution is -2.27. The third kappa shape index (κ3) is 4.72. The molecule has 114 valence electrons. The van der Waals surface area contributed by atoms with Crippen molar-refractivity contribution in [2.45, 2.75) is 38.6 Å². The van der Waals surface area contributed by atoms with Crippen molar-refractivity contribution >= 4 is 34.8 Å². The first-order valence-electron chi connectivity index (χ1n) is 7.21. The number of carbonyl (C=O) groups is 2. The second kappa shape index (κ2) is 7.43. The van der Waals surface area contributed by atoms with Crippen molar-refractivity contribution in [1.82, 2.24) is 5.32 Å². The number of hydrogen-bond acceptors (Lipinski definition) is 3. The standard InChI is InChI=1S/C15H20ClN3O2/c1-2-14(20)18-11-5-6-12(16)13(8-11)19-15(21)9-10-4-3-7-17-10/h5-6,8,10,17H,2-4,7,9H2,1H3,(H,18,20)(H,19,21). The Hall–Kier alpha value is -1.59. The first-order chi connectivity index (χ1) is 10.1. The summed E-state index contributed by atoms with van der Waals surface area (Å²) >= 11 is 6.08. The highest BCUT2D eigenvalue weighted by Crippen LogP contribution is 2.26. The van der Waals surface area contributed by atoms with Gasteiger partial charge < -0.3 is 16.0 Å². The molecule has 1 aliphatic heterocycles. The Labute approximate surface area is 129 Å². The van der Waals surface area contributed by atoms with E-state index in [0.29, 0.717) is 29.2 Å². The Morgan fingerprint density at radius 3 is 2.81 bits per heavy atom. The van der Waals surface area contributed by atoms with E-state index in [1.54, 1.807) is 25.1 Å². The third-order valence-corrected chi connectivity index (χ3v) is 3.77. The highest BCUT2D eigenvalue weighted by Gasteiger charge is 2.18. The van der Waals surface area contributed by atoms with E-state index in [1.807, 2.05) is 0 Å². The van der Waals surface area contributed by atoms with Crippen LogP contribution in [0.2, 0.25) is 5.02 Å². The molecule has 6 heteroatoms. The molecule has 0 saturated carbocycles. The van der Waals surface area contributed by atoms with E-state index in [9.17, 15) is 9.59 Å². The molecular weight excluding hydrogens is 290 g/mol. The first kappa shape index (κ1) is 15.8. The minimum Gasteiger partial charge on any atom is -0.326 e. The summed E-state index contributed by atoms with van der Waals surface area (Å²) in [5, 5.41) is 9.29. The van der Waals surface area contributed by atoms with Crippen LogP contribution in [0.3, 0.4) is 0 Å². The van der Waals surface area contributed by atoms with Crippen molar-refractivity contribution in [2.75, 3.05) is 17.2 Å². The summed E-state index contributed by atoms with van der Waals surface area (Å²) < 4.78 is 0. The first-order valence-corrected chi connectivity index (χ1v) is 7.59. The summed E-state index contributed by atoms with van der Waals surface area (Å²) in [5.74, 6) is -0.153. The van der Waals surface area contributed by atoms with Crippen LogP contribution >= 0.6 is 11.6 Å². The third-order valence-electron chi connectivity index (χ3n) is 3.44. The molecule has 1 aliphatic rings. The van der Waals surface area contributed by atoms with Crippen molar-refractivity contribution in [3.63, 3.8) is 0 Å². The van der Waals surface area contributed by atoms with Gasteiger partial charge in [-0.25, -0.2) is 0 Å². The molecule has 1 atom stereocenters. The topological polar surface area (TPSA) is 70.2 Å². The zero-order valence-electron chi connectivity index (χ0n) is 12.0. The number of benzene rings is 1. The lowest BCUT2D eigenvalue weighted by Gasteiger charge is -2.13. The van der Waals surface area contributed by atoms with Crippen LogP contribution < -0.4 is 16.0 Å². The highest BCUT2D eigenvalue weighted by molar-refractivity contribution is 6.33. The number of rotatable bonds is 5. The van der Waals surface area contributed by atoms with E-state index >= 15 is 0 Å². The molecule has 1 unspecified atom stereocenters. The van der Waals surface area contributed by atoms with E-state index in [1.165, 1.54) is 0 Å². The molecule has 5 nitrogen and oxygen atoms in total. The zero-order valence-corrected chi connectivity index (χ0v) is 12.8. The maximum Gasteiger partial charge on any atom is 0.225 e. The van der Waals surface area contributed by atoms with Gasteiger partial charge in [-0.15, -0.1) is 0 Å². The number of nitrogens with one attached hydrogen (secondary N) is 3. The average Bonchev–Trinajstić information content (AvgIpc) is 2.95. The van der Waals surface area contributed by atoms with Gasteiger partial charge in [0.1, 0.15) is 0 Å². The lowest BCUT2D eigenvalue weighted by molar-refractivity contribution is -0.117. The van der Waals surface area contributed by atoms with Crippen molar-refractivity contribution in [3.8, 4) is 0 Å². The zero-order chi connectivity index (χ0) is 15.2.